The van der Waals surface area contributed by atoms with E-state index < -0.39 is 0 Å². The lowest BCUT2D eigenvalue weighted by molar-refractivity contribution is 0.0478. The largest absolute Gasteiger partial charge is 0.497 e. The fraction of sp³-hybridized carbons (Fsp3) is 0.316. The van der Waals surface area contributed by atoms with E-state index in [9.17, 15) is 4.79 Å². The maximum Gasteiger partial charge on any atom is 0.215 e. The highest BCUT2D eigenvalue weighted by molar-refractivity contribution is 6.21. The van der Waals surface area contributed by atoms with Gasteiger partial charge in [0.1, 0.15) is 18.1 Å². The Morgan fingerprint density at radius 3 is 2.39 bits per heavy atom. The van der Waals surface area contributed by atoms with Crippen LogP contribution in [0.5, 0.6) is 17.4 Å². The number of ether oxygens (including phenoxy) is 4. The number of ketones is 1. The molecule has 0 bridgehead atoms. The predicted octanol–water partition coefficient (Wildman–Crippen LogP) is 7.01. The Bertz CT molecular complexity index is 1840. The fourth-order valence-corrected chi connectivity index (χ4v) is 6.72. The Morgan fingerprint density at radius 1 is 0.826 bits per heavy atom. The van der Waals surface area contributed by atoms with Crippen molar-refractivity contribution in [1.29, 1.82) is 0 Å². The third-order valence-corrected chi connectivity index (χ3v) is 9.10. The summed E-state index contributed by atoms with van der Waals surface area (Å²) in [6, 6.07) is 23.9. The first-order chi connectivity index (χ1) is 22.6. The minimum Gasteiger partial charge on any atom is -0.497 e. The van der Waals surface area contributed by atoms with Crippen molar-refractivity contribution >= 4 is 16.7 Å². The molecular weight excluding hydrogens is 578 g/mol. The quantitative estimate of drug-likeness (QED) is 0.117. The Labute approximate surface area is 269 Å². The molecule has 2 aliphatic rings. The van der Waals surface area contributed by atoms with Crippen molar-refractivity contribution in [1.82, 2.24) is 14.5 Å². The van der Waals surface area contributed by atoms with Crippen LogP contribution in [0.1, 0.15) is 40.7 Å². The Kier molecular flexibility index (Phi) is 8.72. The monoisotopic (exact) mass is 617 g/mol. The summed E-state index contributed by atoms with van der Waals surface area (Å²) in [5.41, 5.74) is 7.55. The zero-order valence-corrected chi connectivity index (χ0v) is 26.5. The number of fused-ring (bicyclic) bond motifs is 5. The molecule has 8 nitrogen and oxygen atoms in total. The molecule has 0 spiro atoms. The van der Waals surface area contributed by atoms with Gasteiger partial charge in [-0.05, 0) is 98.1 Å². The van der Waals surface area contributed by atoms with Crippen molar-refractivity contribution in [3.05, 3.63) is 95.7 Å². The molecule has 0 atom stereocenters. The molecule has 236 valence electrons. The van der Waals surface area contributed by atoms with Gasteiger partial charge in [-0.3, -0.25) is 9.69 Å². The number of aromatic nitrogens is 2. The Balaban J connectivity index is 1.23. The number of pyridine rings is 1. The van der Waals surface area contributed by atoms with Gasteiger partial charge in [-0.15, -0.1) is 0 Å². The number of methoxy groups -OCH3 is 2. The highest BCUT2D eigenvalue weighted by Gasteiger charge is 2.29. The Morgan fingerprint density at radius 2 is 1.63 bits per heavy atom. The van der Waals surface area contributed by atoms with Crippen LogP contribution in [0.2, 0.25) is 0 Å². The van der Waals surface area contributed by atoms with Gasteiger partial charge in [0.25, 0.3) is 0 Å². The zero-order chi connectivity index (χ0) is 31.5. The first kappa shape index (κ1) is 30.0. The third kappa shape index (κ3) is 5.98. The highest BCUT2D eigenvalue weighted by atomic mass is 16.7. The van der Waals surface area contributed by atoms with Crippen LogP contribution in [0.25, 0.3) is 33.3 Å². The highest BCUT2D eigenvalue weighted by Crippen LogP contribution is 2.42. The van der Waals surface area contributed by atoms with Crippen LogP contribution in [0.4, 0.5) is 0 Å². The normalized spacial score (nSPS) is 14.5. The SMILES string of the molecule is COCOc1ccc(-c2ccc3c(C(=O)c4ccc(OCCN5CCCCC5)cc4)c4n(c3c2)CCc2cc(OC)ccc2-4)cn1. The van der Waals surface area contributed by atoms with Gasteiger partial charge in [0.15, 0.2) is 12.6 Å². The standard InChI is InChI=1S/C38H39N3O5/c1-43-25-46-35-15-9-29(24-39-35)27-8-13-33-34(23-27)41-19-16-28-22-31(44-2)12-14-32(28)37(41)36(33)38(42)26-6-10-30(11-7-26)45-21-20-40-17-4-3-5-18-40/h6-15,22-24H,3-5,16-21,25H2,1-2H3. The molecule has 0 amide bonds. The number of rotatable bonds is 11. The number of likely N-dealkylation sites (tertiary alicyclic amines) is 1. The molecule has 5 aromatic rings. The minimum atomic E-state index is -0.00338. The minimum absolute atomic E-state index is 0.00338. The predicted molar refractivity (Wildman–Crippen MR) is 179 cm³/mol. The number of carbonyl (C=O) groups is 1. The van der Waals surface area contributed by atoms with E-state index in [1.807, 2.05) is 42.5 Å². The van der Waals surface area contributed by atoms with E-state index in [1.165, 1.54) is 24.8 Å². The molecule has 7 rings (SSSR count). The average molecular weight is 618 g/mol. The van der Waals surface area contributed by atoms with E-state index in [2.05, 4.69) is 44.8 Å². The molecule has 0 radical (unpaired) electrons. The summed E-state index contributed by atoms with van der Waals surface area (Å²) in [7, 11) is 3.27. The number of aryl methyl sites for hydroxylation is 2. The topological polar surface area (TPSA) is 75.1 Å². The first-order valence-electron chi connectivity index (χ1n) is 16.0. The molecule has 0 unspecified atom stereocenters. The lowest BCUT2D eigenvalue weighted by atomic mass is 9.92. The van der Waals surface area contributed by atoms with E-state index in [4.69, 9.17) is 18.9 Å². The van der Waals surface area contributed by atoms with E-state index in [-0.39, 0.29) is 12.6 Å². The molecule has 1 fully saturated rings. The van der Waals surface area contributed by atoms with E-state index in [0.717, 1.165) is 77.4 Å². The number of piperidine rings is 1. The molecule has 8 heteroatoms. The molecule has 4 heterocycles. The second-order valence-corrected chi connectivity index (χ2v) is 11.9. The van der Waals surface area contributed by atoms with Gasteiger partial charge in [0.05, 0.1) is 18.4 Å². The summed E-state index contributed by atoms with van der Waals surface area (Å²) < 4.78 is 24.3. The van der Waals surface area contributed by atoms with E-state index in [0.29, 0.717) is 23.6 Å². The van der Waals surface area contributed by atoms with Gasteiger partial charge in [-0.25, -0.2) is 4.98 Å². The van der Waals surface area contributed by atoms with Crippen LogP contribution in [0.15, 0.2) is 79.0 Å². The maximum atomic E-state index is 14.4. The van der Waals surface area contributed by atoms with Gasteiger partial charge in [-0.2, -0.15) is 0 Å². The van der Waals surface area contributed by atoms with Gasteiger partial charge in [-0.1, -0.05) is 18.6 Å². The molecular formula is C38H39N3O5. The van der Waals surface area contributed by atoms with Crippen LogP contribution < -0.4 is 14.2 Å². The van der Waals surface area contributed by atoms with Crippen molar-refractivity contribution in [2.45, 2.75) is 32.2 Å². The fourth-order valence-electron chi connectivity index (χ4n) is 6.72. The van der Waals surface area contributed by atoms with Crippen LogP contribution in [-0.2, 0) is 17.7 Å². The Hall–Kier alpha value is -4.66. The number of hydrogen-bond donors (Lipinski definition) is 0. The number of hydrogen-bond acceptors (Lipinski definition) is 7. The van der Waals surface area contributed by atoms with Crippen LogP contribution in [0.3, 0.4) is 0 Å². The van der Waals surface area contributed by atoms with Crippen molar-refractivity contribution in [2.24, 2.45) is 0 Å². The molecule has 3 aromatic carbocycles. The molecule has 0 N–H and O–H groups in total. The first-order valence-corrected chi connectivity index (χ1v) is 16.0. The second-order valence-electron chi connectivity index (χ2n) is 11.9. The van der Waals surface area contributed by atoms with Crippen LogP contribution in [-0.4, -0.2) is 67.5 Å². The summed E-state index contributed by atoms with van der Waals surface area (Å²) in [4.78, 5) is 21.3. The summed E-state index contributed by atoms with van der Waals surface area (Å²) in [6.07, 6.45) is 6.51. The van der Waals surface area contributed by atoms with Crippen LogP contribution in [0, 0.1) is 0 Å². The smallest absolute Gasteiger partial charge is 0.215 e. The molecule has 0 aliphatic carbocycles. The molecule has 2 aliphatic heterocycles. The second kappa shape index (κ2) is 13.4. The van der Waals surface area contributed by atoms with E-state index in [1.54, 1.807) is 20.4 Å². The van der Waals surface area contributed by atoms with Crippen LogP contribution >= 0.6 is 0 Å². The summed E-state index contributed by atoms with van der Waals surface area (Å²) in [5.74, 6) is 2.10. The molecule has 1 saturated heterocycles. The van der Waals surface area contributed by atoms with Gasteiger partial charge in [0.2, 0.25) is 5.88 Å². The molecule has 46 heavy (non-hydrogen) atoms. The third-order valence-electron chi connectivity index (χ3n) is 9.10. The summed E-state index contributed by atoms with van der Waals surface area (Å²) in [6.45, 7) is 4.78. The zero-order valence-electron chi connectivity index (χ0n) is 26.5. The van der Waals surface area contributed by atoms with E-state index >= 15 is 0 Å². The lowest BCUT2D eigenvalue weighted by Gasteiger charge is -2.26. The maximum absolute atomic E-state index is 14.4. The van der Waals surface area contributed by atoms with Crippen molar-refractivity contribution < 1.29 is 23.7 Å². The molecule has 0 saturated carbocycles. The number of nitrogens with zero attached hydrogens (tertiary/aromatic N) is 3. The summed E-state index contributed by atoms with van der Waals surface area (Å²) in [5, 5.41) is 0.933. The van der Waals surface area contributed by atoms with Crippen molar-refractivity contribution in [3.8, 4) is 39.8 Å². The van der Waals surface area contributed by atoms with Gasteiger partial charge < -0.3 is 23.5 Å². The number of benzene rings is 3. The van der Waals surface area contributed by atoms with Crippen molar-refractivity contribution in [3.63, 3.8) is 0 Å². The van der Waals surface area contributed by atoms with Gasteiger partial charge >= 0.3 is 0 Å². The van der Waals surface area contributed by atoms with Gasteiger partial charge in [0, 0.05) is 60.1 Å². The average Bonchev–Trinajstić information content (AvgIpc) is 3.45. The molecule has 2 aromatic heterocycles. The van der Waals surface area contributed by atoms with Crippen molar-refractivity contribution in [2.75, 3.05) is 47.3 Å². The number of carbonyl (C=O) groups excluding carboxylic acids is 1. The lowest BCUT2D eigenvalue weighted by Crippen LogP contribution is -2.33. The summed E-state index contributed by atoms with van der Waals surface area (Å²) >= 11 is 0.